The second-order valence-corrected chi connectivity index (χ2v) is 6.26. The number of hydrogen-bond acceptors (Lipinski definition) is 5. The summed E-state index contributed by atoms with van der Waals surface area (Å²) in [7, 11) is 0. The average molecular weight is 380 g/mol. The third kappa shape index (κ3) is 5.52. The van der Waals surface area contributed by atoms with E-state index in [1.807, 2.05) is 5.38 Å². The predicted octanol–water partition coefficient (Wildman–Crippen LogP) is 4.07. The van der Waals surface area contributed by atoms with Gasteiger partial charge in [0, 0.05) is 22.7 Å². The third-order valence-corrected chi connectivity index (χ3v) is 4.21. The zero-order chi connectivity index (χ0) is 19.1. The Balaban J connectivity index is 1.56. The van der Waals surface area contributed by atoms with Crippen molar-refractivity contribution in [2.75, 3.05) is 5.32 Å². The van der Waals surface area contributed by atoms with Crippen LogP contribution in [0.5, 0.6) is 5.75 Å². The van der Waals surface area contributed by atoms with Gasteiger partial charge in [-0.15, -0.1) is 11.3 Å². The van der Waals surface area contributed by atoms with E-state index in [2.05, 4.69) is 10.3 Å². The zero-order valence-corrected chi connectivity index (χ0v) is 15.0. The van der Waals surface area contributed by atoms with Crippen LogP contribution >= 0.6 is 11.3 Å². The van der Waals surface area contributed by atoms with Gasteiger partial charge in [0.2, 0.25) is 0 Å². The van der Waals surface area contributed by atoms with Gasteiger partial charge in [-0.2, -0.15) is 0 Å². The molecule has 3 aromatic rings. The molecule has 1 aromatic heterocycles. The Morgan fingerprint density at radius 3 is 2.48 bits per heavy atom. The molecular formula is C20H16N2O4S. The van der Waals surface area contributed by atoms with E-state index >= 15 is 0 Å². The second kappa shape index (κ2) is 8.77. The van der Waals surface area contributed by atoms with Crippen LogP contribution in [0.2, 0.25) is 0 Å². The van der Waals surface area contributed by atoms with E-state index < -0.39 is 5.97 Å². The number of ether oxygens (including phenoxy) is 1. The number of carbonyl (C=O) groups excluding carboxylic acids is 1. The van der Waals surface area contributed by atoms with E-state index in [0.29, 0.717) is 23.6 Å². The third-order valence-electron chi connectivity index (χ3n) is 3.57. The molecule has 0 unspecified atom stereocenters. The van der Waals surface area contributed by atoms with Gasteiger partial charge in [-0.05, 0) is 48.0 Å². The van der Waals surface area contributed by atoms with E-state index in [1.165, 1.54) is 17.4 Å². The molecule has 0 atom stereocenters. The van der Waals surface area contributed by atoms with Crippen molar-refractivity contribution in [2.24, 2.45) is 0 Å². The van der Waals surface area contributed by atoms with E-state index in [9.17, 15) is 9.59 Å². The number of nitrogens with zero attached hydrogens (tertiary/aromatic N) is 1. The number of carboxylic acids is 1. The highest BCUT2D eigenvalue weighted by molar-refractivity contribution is 7.07. The highest BCUT2D eigenvalue weighted by atomic mass is 32.1. The number of carbonyl (C=O) groups is 2. The summed E-state index contributed by atoms with van der Waals surface area (Å²) in [4.78, 5) is 27.0. The van der Waals surface area contributed by atoms with Crippen LogP contribution in [-0.4, -0.2) is 22.0 Å². The number of thiazole rings is 1. The van der Waals surface area contributed by atoms with Gasteiger partial charge in [0.05, 0.1) is 11.2 Å². The molecule has 7 heteroatoms. The number of nitrogens with one attached hydrogen (secondary N) is 1. The number of anilines is 1. The minimum Gasteiger partial charge on any atom is -0.487 e. The molecule has 2 N–H and O–H groups in total. The summed E-state index contributed by atoms with van der Waals surface area (Å²) in [5.41, 5.74) is 4.48. The van der Waals surface area contributed by atoms with Crippen molar-refractivity contribution in [3.8, 4) is 5.75 Å². The maximum absolute atomic E-state index is 12.3. The maximum atomic E-state index is 12.3. The normalized spacial score (nSPS) is 10.7. The Hall–Kier alpha value is -3.45. The first-order chi connectivity index (χ1) is 13.1. The van der Waals surface area contributed by atoms with Crippen LogP contribution in [0, 0.1) is 0 Å². The minimum absolute atomic E-state index is 0.241. The lowest BCUT2D eigenvalue weighted by Gasteiger charge is -2.07. The molecule has 0 aliphatic rings. The molecule has 1 amide bonds. The van der Waals surface area contributed by atoms with Crippen molar-refractivity contribution in [3.63, 3.8) is 0 Å². The maximum Gasteiger partial charge on any atom is 0.328 e. The molecule has 0 fully saturated rings. The van der Waals surface area contributed by atoms with E-state index in [1.54, 1.807) is 54.0 Å². The van der Waals surface area contributed by atoms with Gasteiger partial charge in [0.25, 0.3) is 5.91 Å². The zero-order valence-electron chi connectivity index (χ0n) is 14.2. The number of aliphatic carboxylic acids is 1. The fourth-order valence-corrected chi connectivity index (χ4v) is 2.76. The summed E-state index contributed by atoms with van der Waals surface area (Å²) >= 11 is 1.51. The minimum atomic E-state index is -1.01. The van der Waals surface area contributed by atoms with Crippen LogP contribution in [0.4, 0.5) is 5.69 Å². The van der Waals surface area contributed by atoms with Crippen molar-refractivity contribution < 1.29 is 19.4 Å². The van der Waals surface area contributed by atoms with E-state index in [4.69, 9.17) is 9.84 Å². The topological polar surface area (TPSA) is 88.5 Å². The molecule has 3 rings (SSSR count). The summed E-state index contributed by atoms with van der Waals surface area (Å²) in [5, 5.41) is 13.3. The van der Waals surface area contributed by atoms with Crippen molar-refractivity contribution in [1.82, 2.24) is 4.98 Å². The Labute approximate surface area is 159 Å². The fraction of sp³-hybridized carbons (Fsp3) is 0.0500. The number of rotatable bonds is 7. The molecular weight excluding hydrogens is 364 g/mol. The number of hydrogen-bond donors (Lipinski definition) is 2. The van der Waals surface area contributed by atoms with E-state index in [0.717, 1.165) is 17.3 Å². The number of amides is 1. The van der Waals surface area contributed by atoms with Crippen LogP contribution in [0.15, 0.2) is 65.5 Å². The van der Waals surface area contributed by atoms with Crippen molar-refractivity contribution >= 4 is 35.0 Å². The quantitative estimate of drug-likeness (QED) is 0.603. The number of aromatic nitrogens is 1. The molecule has 0 aliphatic heterocycles. The summed E-state index contributed by atoms with van der Waals surface area (Å²) in [5.74, 6) is -0.588. The summed E-state index contributed by atoms with van der Waals surface area (Å²) in [6.07, 6.45) is 2.55. The SMILES string of the molecule is O=C(O)/C=C/c1ccc(NC(=O)c2ccc(OCc3cscn3)cc2)cc1. The fourth-order valence-electron chi connectivity index (χ4n) is 2.22. The first-order valence-electron chi connectivity index (χ1n) is 8.02. The highest BCUT2D eigenvalue weighted by Gasteiger charge is 2.07. The van der Waals surface area contributed by atoms with Gasteiger partial charge in [0.1, 0.15) is 12.4 Å². The van der Waals surface area contributed by atoms with Gasteiger partial charge in [0.15, 0.2) is 0 Å². The lowest BCUT2D eigenvalue weighted by Crippen LogP contribution is -2.11. The first kappa shape index (κ1) is 18.3. The number of carboxylic acid groups (broad SMARTS) is 1. The smallest absolute Gasteiger partial charge is 0.328 e. The van der Waals surface area contributed by atoms with Crippen LogP contribution in [0.3, 0.4) is 0 Å². The van der Waals surface area contributed by atoms with Crippen molar-refractivity contribution in [2.45, 2.75) is 6.61 Å². The second-order valence-electron chi connectivity index (χ2n) is 5.54. The summed E-state index contributed by atoms with van der Waals surface area (Å²) in [6, 6.07) is 13.7. The van der Waals surface area contributed by atoms with Gasteiger partial charge in [-0.3, -0.25) is 4.79 Å². The molecule has 0 saturated heterocycles. The molecule has 0 saturated carbocycles. The molecule has 6 nitrogen and oxygen atoms in total. The van der Waals surface area contributed by atoms with Gasteiger partial charge < -0.3 is 15.2 Å². The molecule has 0 bridgehead atoms. The van der Waals surface area contributed by atoms with Gasteiger partial charge in [-0.25, -0.2) is 9.78 Å². The molecule has 0 spiro atoms. The molecule has 1 heterocycles. The largest absolute Gasteiger partial charge is 0.487 e. The molecule has 0 radical (unpaired) electrons. The predicted molar refractivity (Wildman–Crippen MR) is 104 cm³/mol. The highest BCUT2D eigenvalue weighted by Crippen LogP contribution is 2.16. The van der Waals surface area contributed by atoms with Gasteiger partial charge in [-0.1, -0.05) is 12.1 Å². The number of benzene rings is 2. The monoisotopic (exact) mass is 380 g/mol. The summed E-state index contributed by atoms with van der Waals surface area (Å²) in [6.45, 7) is 0.387. The summed E-state index contributed by atoms with van der Waals surface area (Å²) < 4.78 is 5.62. The lowest BCUT2D eigenvalue weighted by atomic mass is 10.1. The standard InChI is InChI=1S/C20H16N2O4S/c23-19(24)10-3-14-1-6-16(7-2-14)22-20(25)15-4-8-18(9-5-15)26-11-17-12-27-13-21-17/h1-10,12-13H,11H2,(H,22,25)(H,23,24)/b10-3+. The van der Waals surface area contributed by atoms with Crippen LogP contribution in [0.1, 0.15) is 21.6 Å². The van der Waals surface area contributed by atoms with Crippen molar-refractivity contribution in [3.05, 3.63) is 82.3 Å². The van der Waals surface area contributed by atoms with E-state index in [-0.39, 0.29) is 5.91 Å². The average Bonchev–Trinajstić information content (AvgIpc) is 3.20. The molecule has 0 aliphatic carbocycles. The Morgan fingerprint density at radius 1 is 1.11 bits per heavy atom. The Bertz CT molecular complexity index is 933. The van der Waals surface area contributed by atoms with Crippen LogP contribution in [0.25, 0.3) is 6.08 Å². The molecule has 2 aromatic carbocycles. The Kier molecular flexibility index (Phi) is 5.96. The van der Waals surface area contributed by atoms with Crippen molar-refractivity contribution in [1.29, 1.82) is 0 Å². The van der Waals surface area contributed by atoms with Crippen LogP contribution < -0.4 is 10.1 Å². The first-order valence-corrected chi connectivity index (χ1v) is 8.97. The lowest BCUT2D eigenvalue weighted by molar-refractivity contribution is -0.131. The van der Waals surface area contributed by atoms with Crippen LogP contribution in [-0.2, 0) is 11.4 Å². The molecule has 136 valence electrons. The Morgan fingerprint density at radius 2 is 1.85 bits per heavy atom. The molecule has 27 heavy (non-hydrogen) atoms. The van der Waals surface area contributed by atoms with Gasteiger partial charge >= 0.3 is 5.97 Å².